The van der Waals surface area contributed by atoms with Crippen LogP contribution in [-0.4, -0.2) is 28.0 Å². The first-order valence-corrected chi connectivity index (χ1v) is 9.18. The van der Waals surface area contributed by atoms with E-state index in [9.17, 15) is 9.18 Å². The first-order valence-electron chi connectivity index (χ1n) is 8.80. The van der Waals surface area contributed by atoms with Crippen LogP contribution in [-0.2, 0) is 12.0 Å². The van der Waals surface area contributed by atoms with Crippen molar-refractivity contribution in [3.05, 3.63) is 70.3 Å². The molecule has 0 saturated heterocycles. The first kappa shape index (κ1) is 20.0. The molecule has 0 bridgehead atoms. The van der Waals surface area contributed by atoms with E-state index in [1.165, 1.54) is 17.0 Å². The maximum Gasteiger partial charge on any atom is 0.258 e. The molecule has 146 valence electrons. The molecule has 0 aliphatic rings. The lowest BCUT2D eigenvalue weighted by Gasteiger charge is -2.19. The van der Waals surface area contributed by atoms with Crippen LogP contribution in [0.15, 0.2) is 47.0 Å². The Bertz CT molecular complexity index is 991. The average molecular weight is 402 g/mol. The van der Waals surface area contributed by atoms with Gasteiger partial charge in [-0.3, -0.25) is 4.79 Å². The summed E-state index contributed by atoms with van der Waals surface area (Å²) < 4.78 is 19.5. The van der Waals surface area contributed by atoms with Crippen LogP contribution in [0.25, 0.3) is 11.5 Å². The number of amides is 1. The fourth-order valence-electron chi connectivity index (χ4n) is 2.69. The van der Waals surface area contributed by atoms with Crippen LogP contribution < -0.4 is 0 Å². The molecule has 0 unspecified atom stereocenters. The lowest BCUT2D eigenvalue weighted by atomic mass is 9.96. The summed E-state index contributed by atoms with van der Waals surface area (Å²) in [6.07, 6.45) is 0. The van der Waals surface area contributed by atoms with Crippen molar-refractivity contribution in [3.63, 3.8) is 0 Å². The third-order valence-electron chi connectivity index (χ3n) is 4.29. The Morgan fingerprint density at radius 2 is 1.89 bits per heavy atom. The van der Waals surface area contributed by atoms with Gasteiger partial charge < -0.3 is 9.42 Å². The highest BCUT2D eigenvalue weighted by Gasteiger charge is 2.25. The zero-order valence-electron chi connectivity index (χ0n) is 16.2. The Morgan fingerprint density at radius 3 is 2.54 bits per heavy atom. The van der Waals surface area contributed by atoms with Crippen LogP contribution in [0.5, 0.6) is 0 Å². The largest absolute Gasteiger partial charge is 0.337 e. The Balaban J connectivity index is 1.92. The number of hydrogen-bond acceptors (Lipinski definition) is 4. The Labute approximate surface area is 168 Å². The summed E-state index contributed by atoms with van der Waals surface area (Å²) in [4.78, 5) is 18.9. The number of carbonyl (C=O) groups is 1. The Hall–Kier alpha value is -2.73. The van der Waals surface area contributed by atoms with E-state index in [1.54, 1.807) is 37.4 Å². The van der Waals surface area contributed by atoms with Crippen LogP contribution in [0.1, 0.15) is 42.5 Å². The minimum atomic E-state index is -0.452. The number of halogens is 2. The molecule has 1 amide bonds. The third-order valence-corrected chi connectivity index (χ3v) is 4.64. The molecule has 0 aliphatic carbocycles. The number of carbonyl (C=O) groups excluding carboxylic acids is 1. The summed E-state index contributed by atoms with van der Waals surface area (Å²) in [6, 6.07) is 11.4. The van der Waals surface area contributed by atoms with E-state index in [4.69, 9.17) is 16.1 Å². The molecule has 0 N–H and O–H groups in total. The van der Waals surface area contributed by atoms with Gasteiger partial charge in [0, 0.05) is 29.6 Å². The molecule has 0 atom stereocenters. The SMILES string of the molecule is CN(Cc1c(F)cccc1Cl)C(=O)c1ccccc1-c1nc(C(C)(C)C)no1. The summed E-state index contributed by atoms with van der Waals surface area (Å²) in [5.74, 6) is 0.0695. The molecule has 1 aromatic heterocycles. The predicted molar refractivity (Wildman–Crippen MR) is 106 cm³/mol. The van der Waals surface area contributed by atoms with Gasteiger partial charge in [0.1, 0.15) is 5.82 Å². The van der Waals surface area contributed by atoms with Crippen LogP contribution in [0.4, 0.5) is 4.39 Å². The van der Waals surface area contributed by atoms with Gasteiger partial charge in [0.15, 0.2) is 5.82 Å². The molecule has 0 fully saturated rings. The van der Waals surface area contributed by atoms with Crippen LogP contribution in [0.3, 0.4) is 0 Å². The molecule has 3 aromatic rings. The maximum absolute atomic E-state index is 14.1. The average Bonchev–Trinajstić information content (AvgIpc) is 3.14. The normalized spacial score (nSPS) is 11.5. The standard InChI is InChI=1S/C21H21ClFN3O2/c1-21(2,3)20-24-18(28-25-20)13-8-5-6-9-14(13)19(27)26(4)12-15-16(22)10-7-11-17(15)23/h5-11H,12H2,1-4H3. The van der Waals surface area contributed by atoms with Gasteiger partial charge in [-0.15, -0.1) is 0 Å². The van der Waals surface area contributed by atoms with Gasteiger partial charge in [-0.1, -0.05) is 55.7 Å². The molecule has 0 saturated carbocycles. The van der Waals surface area contributed by atoms with Gasteiger partial charge in [-0.25, -0.2) is 4.39 Å². The van der Waals surface area contributed by atoms with Gasteiger partial charge in [0.2, 0.25) is 0 Å². The second-order valence-corrected chi connectivity index (χ2v) is 7.99. The van der Waals surface area contributed by atoms with Crippen molar-refractivity contribution in [1.82, 2.24) is 15.0 Å². The topological polar surface area (TPSA) is 59.2 Å². The minimum absolute atomic E-state index is 0.0374. The molecule has 3 rings (SSSR count). The number of benzene rings is 2. The molecule has 0 radical (unpaired) electrons. The molecular weight excluding hydrogens is 381 g/mol. The maximum atomic E-state index is 14.1. The van der Waals surface area contributed by atoms with Crippen molar-refractivity contribution >= 4 is 17.5 Å². The predicted octanol–water partition coefficient (Wildman–Crippen LogP) is 5.10. The van der Waals surface area contributed by atoms with Crippen molar-refractivity contribution in [2.45, 2.75) is 32.7 Å². The second-order valence-electron chi connectivity index (χ2n) is 7.58. The van der Waals surface area contributed by atoms with Crippen molar-refractivity contribution < 1.29 is 13.7 Å². The van der Waals surface area contributed by atoms with Crippen molar-refractivity contribution in [1.29, 1.82) is 0 Å². The quantitative estimate of drug-likeness (QED) is 0.610. The number of hydrogen-bond donors (Lipinski definition) is 0. The highest BCUT2D eigenvalue weighted by Crippen LogP contribution is 2.27. The summed E-state index contributed by atoms with van der Waals surface area (Å²) in [5.41, 5.74) is 0.910. The van der Waals surface area contributed by atoms with Gasteiger partial charge in [-0.05, 0) is 24.3 Å². The smallest absolute Gasteiger partial charge is 0.258 e. The summed E-state index contributed by atoms with van der Waals surface area (Å²) >= 11 is 6.09. The van der Waals surface area contributed by atoms with E-state index in [1.807, 2.05) is 20.8 Å². The molecule has 2 aromatic carbocycles. The van der Waals surface area contributed by atoms with E-state index < -0.39 is 5.82 Å². The zero-order valence-corrected chi connectivity index (χ0v) is 16.9. The molecular formula is C21H21ClFN3O2. The molecule has 0 aliphatic heterocycles. The van der Waals surface area contributed by atoms with E-state index >= 15 is 0 Å². The minimum Gasteiger partial charge on any atom is -0.337 e. The van der Waals surface area contributed by atoms with Crippen LogP contribution in [0.2, 0.25) is 5.02 Å². The Kier molecular flexibility index (Phi) is 5.52. The fraction of sp³-hybridized carbons (Fsp3) is 0.286. The summed E-state index contributed by atoms with van der Waals surface area (Å²) in [5, 5.41) is 4.30. The zero-order chi connectivity index (χ0) is 20.5. The Morgan fingerprint density at radius 1 is 1.18 bits per heavy atom. The van der Waals surface area contributed by atoms with Crippen molar-refractivity contribution in [2.24, 2.45) is 0 Å². The number of aromatic nitrogens is 2. The van der Waals surface area contributed by atoms with Crippen LogP contribution >= 0.6 is 11.6 Å². The van der Waals surface area contributed by atoms with Crippen LogP contribution in [0, 0.1) is 5.82 Å². The molecule has 7 heteroatoms. The first-order chi connectivity index (χ1) is 13.2. The van der Waals surface area contributed by atoms with Gasteiger partial charge >= 0.3 is 0 Å². The molecule has 0 spiro atoms. The monoisotopic (exact) mass is 401 g/mol. The van der Waals surface area contributed by atoms with E-state index in [-0.39, 0.29) is 34.3 Å². The van der Waals surface area contributed by atoms with Gasteiger partial charge in [0.05, 0.1) is 11.1 Å². The number of rotatable bonds is 4. The summed E-state index contributed by atoms with van der Waals surface area (Å²) in [6.45, 7) is 5.97. The second kappa shape index (κ2) is 7.72. The highest BCUT2D eigenvalue weighted by molar-refractivity contribution is 6.31. The van der Waals surface area contributed by atoms with Gasteiger partial charge in [0.25, 0.3) is 11.8 Å². The van der Waals surface area contributed by atoms with Gasteiger partial charge in [-0.2, -0.15) is 4.98 Å². The fourth-order valence-corrected chi connectivity index (χ4v) is 2.91. The number of nitrogens with zero attached hydrogens (tertiary/aromatic N) is 3. The lowest BCUT2D eigenvalue weighted by molar-refractivity contribution is 0.0784. The highest BCUT2D eigenvalue weighted by atomic mass is 35.5. The van der Waals surface area contributed by atoms with E-state index in [0.717, 1.165) is 0 Å². The van der Waals surface area contributed by atoms with Crippen molar-refractivity contribution in [2.75, 3.05) is 7.05 Å². The molecule has 5 nitrogen and oxygen atoms in total. The van der Waals surface area contributed by atoms with E-state index in [2.05, 4.69) is 10.1 Å². The molecule has 28 heavy (non-hydrogen) atoms. The van der Waals surface area contributed by atoms with Crippen molar-refractivity contribution in [3.8, 4) is 11.5 Å². The van der Waals surface area contributed by atoms with E-state index in [0.29, 0.717) is 17.0 Å². The molecule has 1 heterocycles. The third kappa shape index (κ3) is 4.07. The lowest BCUT2D eigenvalue weighted by Crippen LogP contribution is -2.27. The summed E-state index contributed by atoms with van der Waals surface area (Å²) in [7, 11) is 1.59.